The van der Waals surface area contributed by atoms with E-state index < -0.39 is 5.97 Å². The molecule has 4 nitrogen and oxygen atoms in total. The van der Waals surface area contributed by atoms with Crippen molar-refractivity contribution in [1.29, 1.82) is 0 Å². The zero-order valence-corrected chi connectivity index (χ0v) is 13.8. The van der Waals surface area contributed by atoms with Crippen LogP contribution >= 0.6 is 22.6 Å². The Hall–Kier alpha value is -1.63. The highest BCUT2D eigenvalue weighted by Gasteiger charge is 2.14. The van der Waals surface area contributed by atoms with Crippen molar-refractivity contribution in [3.05, 3.63) is 57.3 Å². The Morgan fingerprint density at radius 3 is 2.52 bits per heavy atom. The van der Waals surface area contributed by atoms with Gasteiger partial charge in [0.1, 0.15) is 6.10 Å². The van der Waals surface area contributed by atoms with E-state index in [4.69, 9.17) is 9.84 Å². The standard InChI is InChI=1S/C16H16INO3/c1-2-3-14(21-15-9-8-13(17)10-18-15)11-4-6-12(7-5-11)16(19)20/h4-10,14H,2-3H2,1H3,(H,19,20). The second kappa shape index (κ2) is 7.40. The lowest BCUT2D eigenvalue weighted by Crippen LogP contribution is -2.09. The largest absolute Gasteiger partial charge is 0.478 e. The van der Waals surface area contributed by atoms with Gasteiger partial charge in [-0.25, -0.2) is 9.78 Å². The molecule has 1 unspecified atom stereocenters. The number of pyridine rings is 1. The molecule has 0 radical (unpaired) electrons. The summed E-state index contributed by atoms with van der Waals surface area (Å²) in [6.07, 6.45) is 3.45. The Labute approximate surface area is 137 Å². The summed E-state index contributed by atoms with van der Waals surface area (Å²) in [5.41, 5.74) is 1.24. The van der Waals surface area contributed by atoms with E-state index in [9.17, 15) is 4.79 Å². The van der Waals surface area contributed by atoms with Gasteiger partial charge in [0, 0.05) is 15.8 Å². The molecule has 0 saturated carbocycles. The summed E-state index contributed by atoms with van der Waals surface area (Å²) < 4.78 is 6.99. The minimum absolute atomic E-state index is 0.120. The Morgan fingerprint density at radius 2 is 2.00 bits per heavy atom. The predicted octanol–water partition coefficient (Wildman–Crippen LogP) is 4.30. The molecule has 1 aromatic carbocycles. The van der Waals surface area contributed by atoms with Crippen LogP contribution in [0.1, 0.15) is 41.8 Å². The Bertz CT molecular complexity index is 596. The third-order valence-electron chi connectivity index (χ3n) is 3.04. The maximum atomic E-state index is 10.9. The number of aromatic nitrogens is 1. The second-order valence-corrected chi connectivity index (χ2v) is 5.88. The van der Waals surface area contributed by atoms with Crippen LogP contribution in [-0.4, -0.2) is 16.1 Å². The number of hydrogen-bond donors (Lipinski definition) is 1. The van der Waals surface area contributed by atoms with Crippen molar-refractivity contribution in [3.8, 4) is 5.88 Å². The topological polar surface area (TPSA) is 59.4 Å². The normalized spacial score (nSPS) is 11.9. The molecule has 0 saturated heterocycles. The fraction of sp³-hybridized carbons (Fsp3) is 0.250. The molecule has 2 rings (SSSR count). The fourth-order valence-electron chi connectivity index (χ4n) is 1.97. The van der Waals surface area contributed by atoms with Crippen molar-refractivity contribution < 1.29 is 14.6 Å². The van der Waals surface area contributed by atoms with Crippen molar-refractivity contribution in [3.63, 3.8) is 0 Å². The maximum absolute atomic E-state index is 10.9. The first-order valence-electron chi connectivity index (χ1n) is 6.71. The molecule has 2 aromatic rings. The van der Waals surface area contributed by atoms with Gasteiger partial charge in [0.2, 0.25) is 5.88 Å². The molecule has 5 heteroatoms. The van der Waals surface area contributed by atoms with Crippen molar-refractivity contribution in [2.24, 2.45) is 0 Å². The van der Waals surface area contributed by atoms with E-state index in [1.807, 2.05) is 12.1 Å². The summed E-state index contributed by atoms with van der Waals surface area (Å²) in [6, 6.07) is 10.6. The summed E-state index contributed by atoms with van der Waals surface area (Å²) in [7, 11) is 0. The molecule has 0 amide bonds. The van der Waals surface area contributed by atoms with E-state index in [0.29, 0.717) is 5.88 Å². The van der Waals surface area contributed by atoms with Crippen LogP contribution in [0.4, 0.5) is 0 Å². The number of hydrogen-bond acceptors (Lipinski definition) is 3. The lowest BCUT2D eigenvalue weighted by atomic mass is 10.0. The lowest BCUT2D eigenvalue weighted by molar-refractivity contribution is 0.0696. The average Bonchev–Trinajstić information content (AvgIpc) is 2.49. The van der Waals surface area contributed by atoms with Gasteiger partial charge in [0.25, 0.3) is 0 Å². The SMILES string of the molecule is CCCC(Oc1ccc(I)cn1)c1ccc(C(=O)O)cc1. The minimum Gasteiger partial charge on any atom is -0.478 e. The van der Waals surface area contributed by atoms with E-state index in [1.54, 1.807) is 30.5 Å². The first-order valence-corrected chi connectivity index (χ1v) is 7.79. The zero-order valence-electron chi connectivity index (χ0n) is 11.6. The van der Waals surface area contributed by atoms with Crippen molar-refractivity contribution >= 4 is 28.6 Å². The third kappa shape index (κ3) is 4.42. The van der Waals surface area contributed by atoms with E-state index in [0.717, 1.165) is 22.0 Å². The number of aromatic carboxylic acids is 1. The number of nitrogens with zero attached hydrogens (tertiary/aromatic N) is 1. The molecule has 1 atom stereocenters. The predicted molar refractivity (Wildman–Crippen MR) is 88.6 cm³/mol. The van der Waals surface area contributed by atoms with E-state index >= 15 is 0 Å². The fourth-order valence-corrected chi connectivity index (χ4v) is 2.29. The molecule has 1 aromatic heterocycles. The number of ether oxygens (including phenoxy) is 1. The highest BCUT2D eigenvalue weighted by Crippen LogP contribution is 2.25. The van der Waals surface area contributed by atoms with Crippen molar-refractivity contribution in [1.82, 2.24) is 4.98 Å². The Morgan fingerprint density at radius 1 is 1.29 bits per heavy atom. The van der Waals surface area contributed by atoms with Crippen LogP contribution in [0, 0.1) is 3.57 Å². The number of carboxylic acid groups (broad SMARTS) is 1. The molecule has 0 spiro atoms. The molecule has 0 aliphatic carbocycles. The summed E-state index contributed by atoms with van der Waals surface area (Å²) in [6.45, 7) is 2.09. The third-order valence-corrected chi connectivity index (χ3v) is 3.68. The van der Waals surface area contributed by atoms with Crippen molar-refractivity contribution in [2.75, 3.05) is 0 Å². The highest BCUT2D eigenvalue weighted by molar-refractivity contribution is 14.1. The smallest absolute Gasteiger partial charge is 0.335 e. The monoisotopic (exact) mass is 397 g/mol. The van der Waals surface area contributed by atoms with Gasteiger partial charge < -0.3 is 9.84 Å². The molecule has 21 heavy (non-hydrogen) atoms. The first-order chi connectivity index (χ1) is 10.1. The van der Waals surface area contributed by atoms with Crippen LogP contribution in [0.2, 0.25) is 0 Å². The maximum Gasteiger partial charge on any atom is 0.335 e. The summed E-state index contributed by atoms with van der Waals surface area (Å²) in [5.74, 6) is -0.343. The van der Waals surface area contributed by atoms with Crippen LogP contribution in [-0.2, 0) is 0 Å². The van der Waals surface area contributed by atoms with Crippen LogP contribution in [0.3, 0.4) is 0 Å². The Kier molecular flexibility index (Phi) is 5.55. The first kappa shape index (κ1) is 15.8. The van der Waals surface area contributed by atoms with Gasteiger partial charge in [-0.3, -0.25) is 0 Å². The number of carboxylic acids is 1. The minimum atomic E-state index is -0.922. The van der Waals surface area contributed by atoms with Gasteiger partial charge in [-0.05, 0) is 52.8 Å². The van der Waals surface area contributed by atoms with Crippen molar-refractivity contribution in [2.45, 2.75) is 25.9 Å². The van der Waals surface area contributed by atoms with Gasteiger partial charge in [-0.15, -0.1) is 0 Å². The zero-order chi connectivity index (χ0) is 15.2. The molecular formula is C16H16INO3. The summed E-state index contributed by atoms with van der Waals surface area (Å²) in [5, 5.41) is 8.94. The molecule has 0 bridgehead atoms. The molecule has 0 aliphatic rings. The average molecular weight is 397 g/mol. The molecule has 1 N–H and O–H groups in total. The molecule has 1 heterocycles. The van der Waals surface area contributed by atoms with Gasteiger partial charge in [-0.1, -0.05) is 25.5 Å². The molecule has 0 aliphatic heterocycles. The number of carbonyl (C=O) groups is 1. The van der Waals surface area contributed by atoms with Crippen LogP contribution < -0.4 is 4.74 Å². The second-order valence-electron chi connectivity index (χ2n) is 4.64. The summed E-state index contributed by atoms with van der Waals surface area (Å²) in [4.78, 5) is 15.1. The van der Waals surface area contributed by atoms with Gasteiger partial charge in [0.15, 0.2) is 0 Å². The number of halogens is 1. The van der Waals surface area contributed by atoms with Crippen LogP contribution in [0.25, 0.3) is 0 Å². The quantitative estimate of drug-likeness (QED) is 0.739. The molecular weight excluding hydrogens is 381 g/mol. The van der Waals surface area contributed by atoms with E-state index in [1.165, 1.54) is 0 Å². The van der Waals surface area contributed by atoms with E-state index in [2.05, 4.69) is 34.5 Å². The van der Waals surface area contributed by atoms with Gasteiger partial charge >= 0.3 is 5.97 Å². The number of benzene rings is 1. The van der Waals surface area contributed by atoms with Gasteiger partial charge in [0.05, 0.1) is 5.56 Å². The Balaban J connectivity index is 2.17. The lowest BCUT2D eigenvalue weighted by Gasteiger charge is -2.18. The molecule has 110 valence electrons. The van der Waals surface area contributed by atoms with Crippen LogP contribution in [0.15, 0.2) is 42.6 Å². The van der Waals surface area contributed by atoms with E-state index in [-0.39, 0.29) is 11.7 Å². The molecule has 0 fully saturated rings. The number of rotatable bonds is 6. The highest BCUT2D eigenvalue weighted by atomic mass is 127. The summed E-state index contributed by atoms with van der Waals surface area (Å²) >= 11 is 2.19. The van der Waals surface area contributed by atoms with Gasteiger partial charge in [-0.2, -0.15) is 0 Å². The van der Waals surface area contributed by atoms with Crippen LogP contribution in [0.5, 0.6) is 5.88 Å².